The molecule has 0 saturated heterocycles. The number of anilines is 2. The molecule has 16 heteroatoms. The summed E-state index contributed by atoms with van der Waals surface area (Å²) in [6.45, 7) is 0.453. The predicted molar refractivity (Wildman–Crippen MR) is 133 cm³/mol. The van der Waals surface area contributed by atoms with Gasteiger partial charge in [0.05, 0.1) is 29.3 Å². The first-order valence-corrected chi connectivity index (χ1v) is 13.7. The number of fused-ring (bicyclic) bond motifs is 2. The first-order chi connectivity index (χ1) is 18.1. The zero-order chi connectivity index (χ0) is 28.4. The lowest BCUT2D eigenvalue weighted by Gasteiger charge is -2.31. The van der Waals surface area contributed by atoms with Gasteiger partial charge < -0.3 is 21.1 Å². The Bertz CT molecular complexity index is 1620. The molecule has 0 radical (unpaired) electrons. The lowest BCUT2D eigenvalue weighted by Crippen LogP contribution is -2.46. The van der Waals surface area contributed by atoms with Crippen molar-refractivity contribution >= 4 is 39.0 Å². The number of nitrogens with zero attached hydrogens (tertiary/aromatic N) is 4. The first-order valence-electron chi connectivity index (χ1n) is 11.8. The number of sulfonamides is 1. The second-order valence-corrected chi connectivity index (χ2v) is 11.5. The van der Waals surface area contributed by atoms with Crippen LogP contribution in [-0.4, -0.2) is 75.5 Å². The van der Waals surface area contributed by atoms with E-state index in [1.807, 2.05) is 0 Å². The van der Waals surface area contributed by atoms with Gasteiger partial charge in [-0.25, -0.2) is 17.9 Å². The molecule has 1 atom stereocenters. The summed E-state index contributed by atoms with van der Waals surface area (Å²) in [7, 11) is -3.91. The highest BCUT2D eigenvalue weighted by Gasteiger charge is 2.46. The summed E-state index contributed by atoms with van der Waals surface area (Å²) in [6.07, 6.45) is -2.05. The number of rotatable bonds is 6. The lowest BCUT2D eigenvalue weighted by atomic mass is 9.89. The SMILES string of the molecule is C[C@H](N1Cc2cc(-c3ccn4nc(N)c(C(=O)N[C@H]5C[C@H](O)C5)c4n3)cc(NS(C)(=O)=O)c2C1=O)C(F)(F)F. The number of amides is 2. The zero-order valence-electron chi connectivity index (χ0n) is 20.7. The van der Waals surface area contributed by atoms with Crippen LogP contribution in [0.2, 0.25) is 0 Å². The van der Waals surface area contributed by atoms with E-state index >= 15 is 0 Å². The molecule has 1 aliphatic heterocycles. The monoisotopic (exact) mass is 567 g/mol. The van der Waals surface area contributed by atoms with E-state index in [9.17, 15) is 36.3 Å². The number of aromatic nitrogens is 3. The van der Waals surface area contributed by atoms with Gasteiger partial charge in [-0.2, -0.15) is 13.2 Å². The van der Waals surface area contributed by atoms with Gasteiger partial charge in [0.2, 0.25) is 10.0 Å². The summed E-state index contributed by atoms with van der Waals surface area (Å²) in [4.78, 5) is 31.0. The van der Waals surface area contributed by atoms with Crippen LogP contribution < -0.4 is 15.8 Å². The standard InChI is InChI=1S/C23H24F3N7O5S/c1-10(23(24,25)26)32-9-12-5-11(6-16(17(12)22(32)36)31-39(2,37)38)15-3-4-33-20(29-15)18(19(27)30-33)21(35)28-13-7-14(34)8-13/h3-6,10,13-14,31,34H,7-9H2,1-2H3,(H2,27,30)(H,28,35)/t10-,13-,14-/m0/s1. The summed E-state index contributed by atoms with van der Waals surface area (Å²) in [5, 5.41) is 16.3. The van der Waals surface area contributed by atoms with Crippen LogP contribution in [-0.2, 0) is 16.6 Å². The van der Waals surface area contributed by atoms with E-state index in [1.165, 1.54) is 28.9 Å². The van der Waals surface area contributed by atoms with Gasteiger partial charge in [0.25, 0.3) is 11.8 Å². The number of nitrogen functional groups attached to an aromatic ring is 1. The number of carbonyl (C=O) groups excluding carboxylic acids is 2. The average molecular weight is 568 g/mol. The van der Waals surface area contributed by atoms with Gasteiger partial charge in [0.15, 0.2) is 11.5 Å². The molecule has 3 aromatic rings. The Hall–Kier alpha value is -3.92. The normalized spacial score (nSPS) is 20.1. The third kappa shape index (κ3) is 4.96. The fourth-order valence-electron chi connectivity index (χ4n) is 4.68. The molecule has 0 bridgehead atoms. The highest BCUT2D eigenvalue weighted by molar-refractivity contribution is 7.92. The van der Waals surface area contributed by atoms with Crippen LogP contribution in [0.4, 0.5) is 24.7 Å². The number of benzene rings is 1. The van der Waals surface area contributed by atoms with Crippen LogP contribution in [0.25, 0.3) is 16.9 Å². The van der Waals surface area contributed by atoms with Crippen molar-refractivity contribution in [1.82, 2.24) is 24.8 Å². The number of hydrogen-bond acceptors (Lipinski definition) is 8. The number of hydrogen-bond donors (Lipinski definition) is 4. The number of alkyl halides is 3. The Morgan fingerprint density at radius 1 is 1.28 bits per heavy atom. The maximum Gasteiger partial charge on any atom is 0.408 e. The van der Waals surface area contributed by atoms with Gasteiger partial charge in [-0.1, -0.05) is 0 Å². The fourth-order valence-corrected chi connectivity index (χ4v) is 5.24. The molecule has 1 aromatic carbocycles. The maximum absolute atomic E-state index is 13.4. The molecule has 5 N–H and O–H groups in total. The molecule has 12 nitrogen and oxygen atoms in total. The van der Waals surface area contributed by atoms with Crippen LogP contribution in [0.1, 0.15) is 46.0 Å². The van der Waals surface area contributed by atoms with E-state index in [-0.39, 0.29) is 51.1 Å². The van der Waals surface area contributed by atoms with Gasteiger partial charge in [-0.3, -0.25) is 14.3 Å². The Balaban J connectivity index is 1.57. The Morgan fingerprint density at radius 3 is 2.59 bits per heavy atom. The van der Waals surface area contributed by atoms with E-state index < -0.39 is 46.7 Å². The van der Waals surface area contributed by atoms with Crippen molar-refractivity contribution in [3.05, 3.63) is 41.1 Å². The molecular weight excluding hydrogens is 543 g/mol. The van der Waals surface area contributed by atoms with Crippen LogP contribution in [0.3, 0.4) is 0 Å². The number of halogens is 3. The second kappa shape index (κ2) is 9.08. The first kappa shape index (κ1) is 26.7. The molecular formula is C23H24F3N7O5S. The molecule has 0 spiro atoms. The Morgan fingerprint density at radius 2 is 1.97 bits per heavy atom. The second-order valence-electron chi connectivity index (χ2n) is 9.72. The van der Waals surface area contributed by atoms with E-state index in [1.54, 1.807) is 0 Å². The molecule has 0 unspecified atom stereocenters. The minimum atomic E-state index is -4.69. The van der Waals surface area contributed by atoms with Gasteiger partial charge >= 0.3 is 6.18 Å². The van der Waals surface area contributed by atoms with Crippen molar-refractivity contribution in [3.63, 3.8) is 0 Å². The van der Waals surface area contributed by atoms with Gasteiger partial charge in [-0.15, -0.1) is 5.10 Å². The molecule has 2 aliphatic rings. The Kier molecular flexibility index (Phi) is 6.21. The van der Waals surface area contributed by atoms with Crippen LogP contribution in [0, 0.1) is 0 Å². The fraction of sp³-hybridized carbons (Fsp3) is 0.391. The summed E-state index contributed by atoms with van der Waals surface area (Å²) in [6, 6.07) is 1.92. The number of nitrogens with two attached hydrogens (primary N) is 1. The highest BCUT2D eigenvalue weighted by atomic mass is 32.2. The number of aliphatic hydroxyl groups is 1. The minimum Gasteiger partial charge on any atom is -0.393 e. The molecule has 1 fully saturated rings. The van der Waals surface area contributed by atoms with Crippen molar-refractivity contribution in [2.24, 2.45) is 0 Å². The highest BCUT2D eigenvalue weighted by Crippen LogP contribution is 2.38. The van der Waals surface area contributed by atoms with E-state index in [4.69, 9.17) is 5.73 Å². The van der Waals surface area contributed by atoms with Gasteiger partial charge in [0, 0.05) is 24.3 Å². The topological polar surface area (TPSA) is 172 Å². The van der Waals surface area contributed by atoms with Crippen LogP contribution in [0.5, 0.6) is 0 Å². The quantitative estimate of drug-likeness (QED) is 0.347. The van der Waals surface area contributed by atoms with Crippen molar-refractivity contribution < 1.29 is 36.3 Å². The van der Waals surface area contributed by atoms with Crippen molar-refractivity contribution in [2.75, 3.05) is 16.7 Å². The van der Waals surface area contributed by atoms with Crippen molar-refractivity contribution in [2.45, 2.75) is 50.7 Å². The molecule has 1 saturated carbocycles. The summed E-state index contributed by atoms with van der Waals surface area (Å²) < 4.78 is 67.8. The number of carbonyl (C=O) groups is 2. The number of aliphatic hydroxyl groups excluding tert-OH is 1. The maximum atomic E-state index is 13.4. The van der Waals surface area contributed by atoms with E-state index in [2.05, 4.69) is 20.1 Å². The summed E-state index contributed by atoms with van der Waals surface area (Å²) >= 11 is 0. The van der Waals surface area contributed by atoms with Crippen LogP contribution in [0.15, 0.2) is 24.4 Å². The molecule has 39 heavy (non-hydrogen) atoms. The zero-order valence-corrected chi connectivity index (χ0v) is 21.5. The lowest BCUT2D eigenvalue weighted by molar-refractivity contribution is -0.172. The average Bonchev–Trinajstić information content (AvgIpc) is 3.31. The van der Waals surface area contributed by atoms with E-state index in [0.29, 0.717) is 17.7 Å². The van der Waals surface area contributed by atoms with Gasteiger partial charge in [-0.05, 0) is 43.5 Å². The predicted octanol–water partition coefficient (Wildman–Crippen LogP) is 1.51. The minimum absolute atomic E-state index is 0.00533. The molecule has 2 amide bonds. The molecule has 2 aromatic heterocycles. The molecule has 1 aliphatic carbocycles. The summed E-state index contributed by atoms with van der Waals surface area (Å²) in [5.41, 5.74) is 6.37. The molecule has 5 rings (SSSR count). The third-order valence-corrected chi connectivity index (χ3v) is 7.35. The largest absolute Gasteiger partial charge is 0.408 e. The van der Waals surface area contributed by atoms with Crippen LogP contribution >= 0.6 is 0 Å². The smallest absolute Gasteiger partial charge is 0.393 e. The van der Waals surface area contributed by atoms with E-state index in [0.717, 1.165) is 13.2 Å². The van der Waals surface area contributed by atoms with Crippen molar-refractivity contribution in [1.29, 1.82) is 0 Å². The van der Waals surface area contributed by atoms with Gasteiger partial charge in [0.1, 0.15) is 11.6 Å². The molecule has 208 valence electrons. The Labute approximate surface area is 220 Å². The van der Waals surface area contributed by atoms with Crippen molar-refractivity contribution in [3.8, 4) is 11.3 Å². The number of nitrogens with one attached hydrogen (secondary N) is 2. The third-order valence-electron chi connectivity index (χ3n) is 6.76. The molecule has 3 heterocycles. The summed E-state index contributed by atoms with van der Waals surface area (Å²) in [5.74, 6) is -1.59.